The summed E-state index contributed by atoms with van der Waals surface area (Å²) in [5.74, 6) is -1.11. The molecule has 2 aromatic rings. The molecule has 3 amide bonds. The largest absolute Gasteiger partial charge is 0.508 e. The van der Waals surface area contributed by atoms with Gasteiger partial charge >= 0.3 is 6.09 Å². The number of ether oxygens (including phenoxy) is 1. The monoisotopic (exact) mass is 495 g/mol. The van der Waals surface area contributed by atoms with Crippen molar-refractivity contribution in [3.63, 3.8) is 0 Å². The van der Waals surface area contributed by atoms with Crippen LogP contribution in [0.15, 0.2) is 67.3 Å². The number of carbonyl (C=O) groups excluding carboxylic acids is 3. The molecule has 2 unspecified atom stereocenters. The van der Waals surface area contributed by atoms with Crippen LogP contribution >= 0.6 is 0 Å². The summed E-state index contributed by atoms with van der Waals surface area (Å²) in [7, 11) is 0. The number of hydrogen-bond donors (Lipinski definition) is 3. The maximum atomic E-state index is 13.8. The third-order valence-electron chi connectivity index (χ3n) is 5.29. The molecule has 2 atom stereocenters. The van der Waals surface area contributed by atoms with Crippen LogP contribution in [0.1, 0.15) is 51.8 Å². The van der Waals surface area contributed by atoms with E-state index in [0.29, 0.717) is 5.56 Å². The number of nitrogens with one attached hydrogen (secondary N) is 2. The first-order valence-electron chi connectivity index (χ1n) is 11.9. The Hall–Kier alpha value is -3.81. The van der Waals surface area contributed by atoms with Crippen LogP contribution < -0.4 is 10.6 Å². The van der Waals surface area contributed by atoms with Crippen LogP contribution in [-0.2, 0) is 20.9 Å². The average Bonchev–Trinajstić information content (AvgIpc) is 2.81. The topological polar surface area (TPSA) is 108 Å². The highest BCUT2D eigenvalue weighted by Crippen LogP contribution is 2.25. The Morgan fingerprint density at radius 1 is 1.06 bits per heavy atom. The molecule has 2 rings (SSSR count). The van der Waals surface area contributed by atoms with Gasteiger partial charge in [0, 0.05) is 13.1 Å². The van der Waals surface area contributed by atoms with Crippen molar-refractivity contribution in [3.05, 3.63) is 78.4 Å². The van der Waals surface area contributed by atoms with E-state index in [1.165, 1.54) is 23.1 Å². The lowest BCUT2D eigenvalue weighted by Crippen LogP contribution is -2.54. The Labute approximate surface area is 213 Å². The molecular formula is C28H37N3O5. The molecule has 8 nitrogen and oxygen atoms in total. The van der Waals surface area contributed by atoms with E-state index >= 15 is 0 Å². The number of phenolic OH excluding ortho intramolecular Hbond substituents is 1. The fourth-order valence-electron chi connectivity index (χ4n) is 3.60. The SMILES string of the molecule is C=CCN(C(=O)C(NC(=O)OC(C)(C)C)C(C)C)C(C(=O)NCc1ccccc1)c1ccc(O)cc1. The summed E-state index contributed by atoms with van der Waals surface area (Å²) < 4.78 is 5.35. The number of aromatic hydroxyl groups is 1. The molecule has 0 spiro atoms. The van der Waals surface area contributed by atoms with E-state index in [1.807, 2.05) is 30.3 Å². The van der Waals surface area contributed by atoms with Gasteiger partial charge in [-0.3, -0.25) is 9.59 Å². The Morgan fingerprint density at radius 2 is 1.67 bits per heavy atom. The second kappa shape index (κ2) is 12.8. The molecule has 0 aromatic heterocycles. The summed E-state index contributed by atoms with van der Waals surface area (Å²) in [6, 6.07) is 13.6. The molecule has 3 N–H and O–H groups in total. The van der Waals surface area contributed by atoms with E-state index in [1.54, 1.807) is 46.8 Å². The number of phenols is 1. The number of alkyl carbamates (subject to hydrolysis) is 1. The first-order valence-corrected chi connectivity index (χ1v) is 11.9. The third kappa shape index (κ3) is 8.45. The maximum Gasteiger partial charge on any atom is 0.408 e. The molecule has 0 aliphatic heterocycles. The van der Waals surface area contributed by atoms with Gasteiger partial charge in [0.2, 0.25) is 11.8 Å². The summed E-state index contributed by atoms with van der Waals surface area (Å²) in [5.41, 5.74) is 0.679. The van der Waals surface area contributed by atoms with Crippen LogP contribution in [0.25, 0.3) is 0 Å². The average molecular weight is 496 g/mol. The minimum atomic E-state index is -1.03. The molecule has 0 radical (unpaired) electrons. The molecule has 2 aromatic carbocycles. The van der Waals surface area contributed by atoms with Gasteiger partial charge in [0.05, 0.1) is 0 Å². The third-order valence-corrected chi connectivity index (χ3v) is 5.29. The van der Waals surface area contributed by atoms with Gasteiger partial charge in [0.25, 0.3) is 0 Å². The predicted molar refractivity (Wildman–Crippen MR) is 139 cm³/mol. The summed E-state index contributed by atoms with van der Waals surface area (Å²) in [6.45, 7) is 12.9. The Bertz CT molecular complexity index is 1030. The van der Waals surface area contributed by atoms with Gasteiger partial charge in [-0.25, -0.2) is 4.79 Å². The van der Waals surface area contributed by atoms with Gasteiger partial charge in [0.15, 0.2) is 0 Å². The number of benzene rings is 2. The van der Waals surface area contributed by atoms with Crippen molar-refractivity contribution < 1.29 is 24.2 Å². The lowest BCUT2D eigenvalue weighted by molar-refractivity contribution is -0.142. The molecule has 194 valence electrons. The smallest absolute Gasteiger partial charge is 0.408 e. The Morgan fingerprint density at radius 3 is 2.19 bits per heavy atom. The molecule has 0 saturated heterocycles. The van der Waals surface area contributed by atoms with Gasteiger partial charge < -0.3 is 25.4 Å². The van der Waals surface area contributed by atoms with Crippen LogP contribution in [0, 0.1) is 5.92 Å². The quantitative estimate of drug-likeness (QED) is 0.426. The van der Waals surface area contributed by atoms with Crippen molar-refractivity contribution in [2.75, 3.05) is 6.54 Å². The van der Waals surface area contributed by atoms with E-state index in [-0.39, 0.29) is 24.8 Å². The van der Waals surface area contributed by atoms with Gasteiger partial charge in [-0.05, 0) is 49.9 Å². The number of hydrogen-bond acceptors (Lipinski definition) is 5. The number of amides is 3. The van der Waals surface area contributed by atoms with Crippen molar-refractivity contribution in [3.8, 4) is 5.75 Å². The number of carbonyl (C=O) groups is 3. The van der Waals surface area contributed by atoms with Gasteiger partial charge in [-0.1, -0.05) is 62.4 Å². The van der Waals surface area contributed by atoms with Crippen molar-refractivity contribution in [2.24, 2.45) is 5.92 Å². The molecule has 0 fully saturated rings. The van der Waals surface area contributed by atoms with E-state index in [4.69, 9.17) is 4.74 Å². The van der Waals surface area contributed by atoms with Crippen LogP contribution in [0.2, 0.25) is 0 Å². The molecule has 0 aliphatic carbocycles. The minimum absolute atomic E-state index is 0.0374. The van der Waals surface area contributed by atoms with Crippen molar-refractivity contribution in [2.45, 2.75) is 58.8 Å². The number of rotatable bonds is 10. The van der Waals surface area contributed by atoms with Crippen molar-refractivity contribution in [1.29, 1.82) is 0 Å². The van der Waals surface area contributed by atoms with Crippen LogP contribution in [0.5, 0.6) is 5.75 Å². The van der Waals surface area contributed by atoms with Crippen LogP contribution in [-0.4, -0.2) is 46.1 Å². The van der Waals surface area contributed by atoms with E-state index in [2.05, 4.69) is 17.2 Å². The summed E-state index contributed by atoms with van der Waals surface area (Å²) in [6.07, 6.45) is 0.809. The molecule has 36 heavy (non-hydrogen) atoms. The van der Waals surface area contributed by atoms with Crippen LogP contribution in [0.4, 0.5) is 4.79 Å². The van der Waals surface area contributed by atoms with Crippen LogP contribution in [0.3, 0.4) is 0 Å². The highest BCUT2D eigenvalue weighted by Gasteiger charge is 2.37. The zero-order valence-electron chi connectivity index (χ0n) is 21.7. The van der Waals surface area contributed by atoms with E-state index in [9.17, 15) is 19.5 Å². The summed E-state index contributed by atoms with van der Waals surface area (Å²) in [5, 5.41) is 15.3. The predicted octanol–water partition coefficient (Wildman–Crippen LogP) is 4.31. The highest BCUT2D eigenvalue weighted by atomic mass is 16.6. The van der Waals surface area contributed by atoms with E-state index < -0.39 is 35.6 Å². The lowest BCUT2D eigenvalue weighted by atomic mass is 9.98. The summed E-state index contributed by atoms with van der Waals surface area (Å²) in [4.78, 5) is 41.2. The first-order chi connectivity index (χ1) is 16.9. The standard InChI is InChI=1S/C28H37N3O5/c1-7-17-31(26(34)23(19(2)3)30-27(35)36-28(4,5)6)24(21-13-15-22(32)16-14-21)25(33)29-18-20-11-9-8-10-12-20/h7-16,19,23-24,32H,1,17-18H2,2-6H3,(H,29,33)(H,30,35). The molecule has 0 heterocycles. The number of nitrogens with zero attached hydrogens (tertiary/aromatic N) is 1. The minimum Gasteiger partial charge on any atom is -0.508 e. The first kappa shape index (κ1) is 28.4. The second-order valence-corrected chi connectivity index (χ2v) is 9.84. The van der Waals surface area contributed by atoms with Crippen molar-refractivity contribution in [1.82, 2.24) is 15.5 Å². The molecule has 0 saturated carbocycles. The molecular weight excluding hydrogens is 458 g/mol. The van der Waals surface area contributed by atoms with Gasteiger partial charge in [-0.2, -0.15) is 0 Å². The highest BCUT2D eigenvalue weighted by molar-refractivity contribution is 5.92. The zero-order valence-corrected chi connectivity index (χ0v) is 21.7. The summed E-state index contributed by atoms with van der Waals surface area (Å²) >= 11 is 0. The molecule has 0 bridgehead atoms. The maximum absolute atomic E-state index is 13.8. The molecule has 0 aliphatic rings. The molecule has 8 heteroatoms. The van der Waals surface area contributed by atoms with Crippen molar-refractivity contribution >= 4 is 17.9 Å². The zero-order chi connectivity index (χ0) is 26.9. The lowest BCUT2D eigenvalue weighted by Gasteiger charge is -2.35. The Balaban J connectivity index is 2.40. The van der Waals surface area contributed by atoms with Gasteiger partial charge in [-0.15, -0.1) is 6.58 Å². The Kier molecular flexibility index (Phi) is 10.1. The second-order valence-electron chi connectivity index (χ2n) is 9.84. The van der Waals surface area contributed by atoms with E-state index in [0.717, 1.165) is 5.56 Å². The fraction of sp³-hybridized carbons (Fsp3) is 0.393. The normalized spacial score (nSPS) is 12.8. The van der Waals surface area contributed by atoms with Gasteiger partial charge in [0.1, 0.15) is 23.4 Å². The fourth-order valence-corrected chi connectivity index (χ4v) is 3.60.